The number of rotatable bonds is 4. The molecule has 1 fully saturated rings. The largest absolute Gasteiger partial charge is 0.445 e. The molecule has 206 valence electrons. The second-order valence-corrected chi connectivity index (χ2v) is 11.3. The highest BCUT2D eigenvalue weighted by Crippen LogP contribution is 2.29. The number of amides is 3. The molecule has 0 saturated carbocycles. The van der Waals surface area contributed by atoms with Crippen LogP contribution < -0.4 is 5.32 Å². The SMILES string of the molecule is CC(C)(C)OC(=O)N1CCC(NC(=O)c2ccc3[nH]c4c(c3c2)CN(C(=O)OCc2ccccc2)CC4)CC1. The van der Waals surface area contributed by atoms with E-state index >= 15 is 0 Å². The highest BCUT2D eigenvalue weighted by Gasteiger charge is 2.29. The molecule has 39 heavy (non-hydrogen) atoms. The van der Waals surface area contributed by atoms with Crippen molar-refractivity contribution in [3.05, 3.63) is 70.9 Å². The first-order chi connectivity index (χ1) is 18.7. The van der Waals surface area contributed by atoms with Crippen molar-refractivity contribution in [3.8, 4) is 0 Å². The molecule has 2 aliphatic heterocycles. The van der Waals surface area contributed by atoms with Gasteiger partial charge in [0.15, 0.2) is 0 Å². The molecule has 2 N–H and O–H groups in total. The Bertz CT molecular complexity index is 1350. The second kappa shape index (κ2) is 11.0. The predicted molar refractivity (Wildman–Crippen MR) is 147 cm³/mol. The maximum Gasteiger partial charge on any atom is 0.410 e. The zero-order chi connectivity index (χ0) is 27.6. The van der Waals surface area contributed by atoms with Gasteiger partial charge >= 0.3 is 12.2 Å². The van der Waals surface area contributed by atoms with Crippen molar-refractivity contribution in [3.63, 3.8) is 0 Å². The highest BCUT2D eigenvalue weighted by atomic mass is 16.6. The standard InChI is InChI=1S/C30H36N4O5/c1-30(2,3)39-29(37)33-14-11-22(12-15-33)31-27(35)21-9-10-25-23(17-21)24-18-34(16-13-26(24)32-25)28(36)38-19-20-7-5-4-6-8-20/h4-10,17,22,32H,11-16,18-19H2,1-3H3,(H,31,35). The van der Waals surface area contributed by atoms with E-state index in [-0.39, 0.29) is 30.7 Å². The van der Waals surface area contributed by atoms with E-state index in [2.05, 4.69) is 10.3 Å². The number of carbonyl (C=O) groups excluding carboxylic acids is 3. The molecule has 0 aliphatic carbocycles. The molecular weight excluding hydrogens is 496 g/mol. The van der Waals surface area contributed by atoms with Gasteiger partial charge in [-0.25, -0.2) is 9.59 Å². The number of piperidine rings is 1. The van der Waals surface area contributed by atoms with Gasteiger partial charge in [-0.1, -0.05) is 30.3 Å². The number of hydrogen-bond acceptors (Lipinski definition) is 5. The fourth-order valence-corrected chi connectivity index (χ4v) is 5.12. The number of carbonyl (C=O) groups is 3. The van der Waals surface area contributed by atoms with E-state index in [1.807, 2.05) is 69.3 Å². The molecule has 9 nitrogen and oxygen atoms in total. The minimum atomic E-state index is -0.530. The number of likely N-dealkylation sites (tertiary alicyclic amines) is 1. The molecule has 1 aromatic heterocycles. The quantitative estimate of drug-likeness (QED) is 0.493. The fraction of sp³-hybridized carbons (Fsp3) is 0.433. The number of fused-ring (bicyclic) bond motifs is 3. The summed E-state index contributed by atoms with van der Waals surface area (Å²) in [6.45, 7) is 7.88. The minimum absolute atomic E-state index is 0.0121. The maximum absolute atomic E-state index is 13.1. The number of nitrogens with one attached hydrogen (secondary N) is 2. The van der Waals surface area contributed by atoms with Gasteiger partial charge < -0.3 is 29.6 Å². The lowest BCUT2D eigenvalue weighted by molar-refractivity contribution is 0.0199. The van der Waals surface area contributed by atoms with Crippen molar-refractivity contribution in [2.75, 3.05) is 19.6 Å². The van der Waals surface area contributed by atoms with Crippen molar-refractivity contribution in [1.82, 2.24) is 20.1 Å². The molecule has 3 heterocycles. The van der Waals surface area contributed by atoms with Gasteiger partial charge in [0.25, 0.3) is 5.91 Å². The molecule has 0 bridgehead atoms. The first kappa shape index (κ1) is 26.6. The number of ether oxygens (including phenoxy) is 2. The van der Waals surface area contributed by atoms with Gasteiger partial charge in [-0.3, -0.25) is 4.79 Å². The molecule has 0 unspecified atom stereocenters. The van der Waals surface area contributed by atoms with Gasteiger partial charge in [-0.2, -0.15) is 0 Å². The van der Waals surface area contributed by atoms with Crippen LogP contribution in [0.3, 0.4) is 0 Å². The number of benzene rings is 2. The fourth-order valence-electron chi connectivity index (χ4n) is 5.12. The van der Waals surface area contributed by atoms with Crippen LogP contribution in [0.2, 0.25) is 0 Å². The first-order valence-corrected chi connectivity index (χ1v) is 13.5. The van der Waals surface area contributed by atoms with Crippen molar-refractivity contribution < 1.29 is 23.9 Å². The average molecular weight is 533 g/mol. The smallest absolute Gasteiger partial charge is 0.410 e. The third-order valence-electron chi connectivity index (χ3n) is 7.18. The van der Waals surface area contributed by atoms with Gasteiger partial charge in [0.2, 0.25) is 0 Å². The summed E-state index contributed by atoms with van der Waals surface area (Å²) in [6.07, 6.45) is 1.39. The summed E-state index contributed by atoms with van der Waals surface area (Å²) in [5, 5.41) is 4.07. The van der Waals surface area contributed by atoms with Crippen LogP contribution in [-0.2, 0) is 29.0 Å². The molecule has 9 heteroatoms. The van der Waals surface area contributed by atoms with Gasteiger partial charge in [0.05, 0.1) is 6.54 Å². The molecule has 2 aliphatic rings. The van der Waals surface area contributed by atoms with E-state index in [4.69, 9.17) is 9.47 Å². The number of H-pyrrole nitrogens is 1. The van der Waals surface area contributed by atoms with Crippen LogP contribution in [0, 0.1) is 0 Å². The highest BCUT2D eigenvalue weighted by molar-refractivity contribution is 5.99. The zero-order valence-corrected chi connectivity index (χ0v) is 22.8. The van der Waals surface area contributed by atoms with E-state index in [0.717, 1.165) is 27.7 Å². The molecule has 1 saturated heterocycles. The van der Waals surface area contributed by atoms with E-state index < -0.39 is 5.60 Å². The van der Waals surface area contributed by atoms with Crippen LogP contribution in [0.15, 0.2) is 48.5 Å². The van der Waals surface area contributed by atoms with Crippen LogP contribution in [0.1, 0.15) is 60.8 Å². The van der Waals surface area contributed by atoms with E-state index in [0.29, 0.717) is 51.0 Å². The molecule has 0 radical (unpaired) electrons. The zero-order valence-electron chi connectivity index (χ0n) is 22.8. The normalized spacial score (nSPS) is 16.1. The number of nitrogens with zero attached hydrogens (tertiary/aromatic N) is 2. The van der Waals surface area contributed by atoms with Crippen LogP contribution in [0.5, 0.6) is 0 Å². The Labute approximate surface area is 228 Å². The molecule has 0 spiro atoms. The number of hydrogen-bond donors (Lipinski definition) is 2. The Hall–Kier alpha value is -4.01. The maximum atomic E-state index is 13.1. The second-order valence-electron chi connectivity index (χ2n) is 11.3. The molecule has 3 aromatic rings. The van der Waals surface area contributed by atoms with Crippen molar-refractivity contribution in [1.29, 1.82) is 0 Å². The van der Waals surface area contributed by atoms with E-state index in [1.165, 1.54) is 0 Å². The number of aromatic nitrogens is 1. The third kappa shape index (κ3) is 6.35. The van der Waals surface area contributed by atoms with Gasteiger partial charge in [0, 0.05) is 59.8 Å². The predicted octanol–water partition coefficient (Wildman–Crippen LogP) is 4.99. The van der Waals surface area contributed by atoms with Crippen LogP contribution in [-0.4, -0.2) is 64.2 Å². The molecule has 2 aromatic carbocycles. The van der Waals surface area contributed by atoms with Crippen molar-refractivity contribution >= 4 is 29.0 Å². The van der Waals surface area contributed by atoms with Gasteiger partial charge in [-0.15, -0.1) is 0 Å². The van der Waals surface area contributed by atoms with Crippen LogP contribution in [0.4, 0.5) is 9.59 Å². The van der Waals surface area contributed by atoms with Crippen molar-refractivity contribution in [2.24, 2.45) is 0 Å². The number of aromatic amines is 1. The molecule has 3 amide bonds. The Morgan fingerprint density at radius 3 is 2.44 bits per heavy atom. The lowest BCUT2D eigenvalue weighted by atomic mass is 10.0. The average Bonchev–Trinajstić information content (AvgIpc) is 3.29. The van der Waals surface area contributed by atoms with Crippen LogP contribution >= 0.6 is 0 Å². The Balaban J connectivity index is 1.20. The minimum Gasteiger partial charge on any atom is -0.445 e. The summed E-state index contributed by atoms with van der Waals surface area (Å²) in [4.78, 5) is 45.1. The molecule has 5 rings (SSSR count). The summed E-state index contributed by atoms with van der Waals surface area (Å²) in [6, 6.07) is 15.3. The summed E-state index contributed by atoms with van der Waals surface area (Å²) in [5.74, 6) is -0.141. The molecule has 0 atom stereocenters. The Kier molecular flexibility index (Phi) is 7.50. The Morgan fingerprint density at radius 1 is 0.974 bits per heavy atom. The third-order valence-corrected chi connectivity index (χ3v) is 7.18. The van der Waals surface area contributed by atoms with Gasteiger partial charge in [-0.05, 0) is 57.4 Å². The summed E-state index contributed by atoms with van der Waals surface area (Å²) in [7, 11) is 0. The van der Waals surface area contributed by atoms with E-state index in [9.17, 15) is 14.4 Å². The van der Waals surface area contributed by atoms with Crippen molar-refractivity contribution in [2.45, 2.75) is 64.8 Å². The summed E-state index contributed by atoms with van der Waals surface area (Å²) in [5.41, 5.74) is 4.04. The summed E-state index contributed by atoms with van der Waals surface area (Å²) >= 11 is 0. The lowest BCUT2D eigenvalue weighted by Crippen LogP contribution is -2.47. The monoisotopic (exact) mass is 532 g/mol. The van der Waals surface area contributed by atoms with Crippen LogP contribution in [0.25, 0.3) is 10.9 Å². The molecular formula is C30H36N4O5. The lowest BCUT2D eigenvalue weighted by Gasteiger charge is -2.33. The van der Waals surface area contributed by atoms with Gasteiger partial charge in [0.1, 0.15) is 12.2 Å². The Morgan fingerprint density at radius 2 is 1.72 bits per heavy atom. The first-order valence-electron chi connectivity index (χ1n) is 13.5. The summed E-state index contributed by atoms with van der Waals surface area (Å²) < 4.78 is 11.0. The van der Waals surface area contributed by atoms with E-state index in [1.54, 1.807) is 9.80 Å². The topological polar surface area (TPSA) is 104 Å².